The minimum absolute atomic E-state index is 0.103. The first-order valence-corrected chi connectivity index (χ1v) is 8.79. The molecule has 1 N–H and O–H groups in total. The first-order chi connectivity index (χ1) is 12.0. The summed E-state index contributed by atoms with van der Waals surface area (Å²) in [6, 6.07) is 13.8. The molecule has 0 radical (unpaired) electrons. The number of thiazole rings is 1. The summed E-state index contributed by atoms with van der Waals surface area (Å²) in [5, 5.41) is 3.73. The van der Waals surface area contributed by atoms with Gasteiger partial charge >= 0.3 is 0 Å². The number of pyridine rings is 1. The Morgan fingerprint density at radius 2 is 1.92 bits per heavy atom. The maximum atomic E-state index is 12.5. The molecule has 0 aliphatic carbocycles. The Morgan fingerprint density at radius 3 is 2.56 bits per heavy atom. The van der Waals surface area contributed by atoms with E-state index < -0.39 is 0 Å². The summed E-state index contributed by atoms with van der Waals surface area (Å²) in [7, 11) is 4.01. The van der Waals surface area contributed by atoms with Crippen LogP contribution in [0.5, 0.6) is 0 Å². The summed E-state index contributed by atoms with van der Waals surface area (Å²) >= 11 is 1.37. The normalized spacial score (nSPS) is 10.5. The van der Waals surface area contributed by atoms with Crippen LogP contribution in [0.3, 0.4) is 0 Å². The third kappa shape index (κ3) is 4.03. The highest BCUT2D eigenvalue weighted by Crippen LogP contribution is 2.26. The molecule has 2 heterocycles. The number of anilines is 1. The topological polar surface area (TPSA) is 58.1 Å². The lowest BCUT2D eigenvalue weighted by Crippen LogP contribution is -2.22. The molecule has 25 heavy (non-hydrogen) atoms. The predicted molar refractivity (Wildman–Crippen MR) is 102 cm³/mol. The van der Waals surface area contributed by atoms with Crippen LogP contribution in [0.1, 0.15) is 20.9 Å². The first-order valence-electron chi connectivity index (χ1n) is 7.98. The molecule has 0 unspecified atom stereocenters. The van der Waals surface area contributed by atoms with Crippen molar-refractivity contribution in [3.05, 3.63) is 64.8 Å². The summed E-state index contributed by atoms with van der Waals surface area (Å²) in [5.41, 5.74) is 3.71. The zero-order valence-corrected chi connectivity index (χ0v) is 15.3. The molecule has 0 spiro atoms. The average molecular weight is 352 g/mol. The largest absolute Gasteiger partial charge is 0.378 e. The van der Waals surface area contributed by atoms with E-state index in [1.54, 1.807) is 6.20 Å². The monoisotopic (exact) mass is 352 g/mol. The van der Waals surface area contributed by atoms with Gasteiger partial charge in [0.05, 0.1) is 11.4 Å². The van der Waals surface area contributed by atoms with Crippen molar-refractivity contribution in [3.8, 4) is 10.7 Å². The van der Waals surface area contributed by atoms with Gasteiger partial charge in [0.1, 0.15) is 9.88 Å². The number of hydrogen-bond donors (Lipinski definition) is 1. The van der Waals surface area contributed by atoms with E-state index >= 15 is 0 Å². The van der Waals surface area contributed by atoms with Crippen molar-refractivity contribution in [2.24, 2.45) is 0 Å². The molecule has 1 amide bonds. The van der Waals surface area contributed by atoms with Gasteiger partial charge in [-0.3, -0.25) is 9.78 Å². The number of aryl methyl sites for hydroxylation is 1. The second-order valence-corrected chi connectivity index (χ2v) is 6.89. The molecule has 128 valence electrons. The first kappa shape index (κ1) is 17.1. The summed E-state index contributed by atoms with van der Waals surface area (Å²) in [5.74, 6) is -0.103. The number of carbonyl (C=O) groups is 1. The quantitative estimate of drug-likeness (QED) is 0.763. The molecule has 0 saturated carbocycles. The van der Waals surface area contributed by atoms with Crippen molar-refractivity contribution in [2.75, 3.05) is 19.0 Å². The number of amides is 1. The third-order valence-electron chi connectivity index (χ3n) is 3.79. The zero-order valence-electron chi connectivity index (χ0n) is 14.5. The highest BCUT2D eigenvalue weighted by atomic mass is 32.1. The number of aromatic nitrogens is 2. The minimum Gasteiger partial charge on any atom is -0.378 e. The van der Waals surface area contributed by atoms with Crippen molar-refractivity contribution < 1.29 is 4.79 Å². The van der Waals surface area contributed by atoms with Crippen LogP contribution in [0.4, 0.5) is 5.69 Å². The van der Waals surface area contributed by atoms with Gasteiger partial charge in [-0.1, -0.05) is 18.2 Å². The average Bonchev–Trinajstić information content (AvgIpc) is 3.02. The lowest BCUT2D eigenvalue weighted by molar-refractivity contribution is 0.0954. The molecule has 5 nitrogen and oxygen atoms in total. The van der Waals surface area contributed by atoms with Crippen LogP contribution in [-0.4, -0.2) is 30.0 Å². The summed E-state index contributed by atoms with van der Waals surface area (Å²) < 4.78 is 0. The molecule has 0 aliphatic rings. The zero-order chi connectivity index (χ0) is 17.8. The van der Waals surface area contributed by atoms with Gasteiger partial charge in [0, 0.05) is 32.5 Å². The number of carbonyl (C=O) groups excluding carboxylic acids is 1. The molecule has 6 heteroatoms. The number of nitrogens with one attached hydrogen (secondary N) is 1. The van der Waals surface area contributed by atoms with E-state index in [0.29, 0.717) is 11.4 Å². The molecule has 0 fully saturated rings. The van der Waals surface area contributed by atoms with Crippen LogP contribution in [0.2, 0.25) is 0 Å². The summed E-state index contributed by atoms with van der Waals surface area (Å²) in [4.78, 5) is 23.9. The van der Waals surface area contributed by atoms with Crippen LogP contribution < -0.4 is 10.2 Å². The molecule has 3 rings (SSSR count). The molecule has 0 bridgehead atoms. The Balaban J connectivity index is 1.68. The van der Waals surface area contributed by atoms with Crippen molar-refractivity contribution in [2.45, 2.75) is 13.5 Å². The van der Waals surface area contributed by atoms with Crippen molar-refractivity contribution in [1.29, 1.82) is 0 Å². The molecular formula is C19H20N4OS. The molecule has 0 atom stereocenters. The minimum atomic E-state index is -0.103. The van der Waals surface area contributed by atoms with E-state index in [4.69, 9.17) is 0 Å². The van der Waals surface area contributed by atoms with Gasteiger partial charge < -0.3 is 10.2 Å². The maximum Gasteiger partial charge on any atom is 0.263 e. The van der Waals surface area contributed by atoms with Crippen LogP contribution >= 0.6 is 11.3 Å². The molecule has 2 aromatic heterocycles. The number of hydrogen-bond acceptors (Lipinski definition) is 5. The van der Waals surface area contributed by atoms with E-state index in [0.717, 1.165) is 27.6 Å². The predicted octanol–water partition coefficient (Wildman–Crippen LogP) is 3.51. The van der Waals surface area contributed by atoms with E-state index in [2.05, 4.69) is 15.3 Å². The molecule has 3 aromatic rings. The second kappa shape index (κ2) is 7.44. The van der Waals surface area contributed by atoms with E-state index in [-0.39, 0.29) is 5.91 Å². The molecule has 1 aromatic carbocycles. The van der Waals surface area contributed by atoms with Crippen molar-refractivity contribution >= 4 is 22.9 Å². The standard InChI is InChI=1S/C19H20N4OS/c1-13-17(25-19(22-13)16-6-4-5-11-20-16)18(24)21-12-14-7-9-15(10-8-14)23(2)3/h4-11H,12H2,1-3H3,(H,21,24). The molecular weight excluding hydrogens is 332 g/mol. The fourth-order valence-electron chi connectivity index (χ4n) is 2.38. The van der Waals surface area contributed by atoms with Crippen LogP contribution in [-0.2, 0) is 6.54 Å². The van der Waals surface area contributed by atoms with Crippen LogP contribution in [0.15, 0.2) is 48.7 Å². The number of nitrogens with zero attached hydrogens (tertiary/aromatic N) is 3. The van der Waals surface area contributed by atoms with E-state index in [1.165, 1.54) is 11.3 Å². The van der Waals surface area contributed by atoms with Gasteiger partial charge in [-0.15, -0.1) is 11.3 Å². The van der Waals surface area contributed by atoms with Crippen LogP contribution in [0.25, 0.3) is 10.7 Å². The molecule has 0 aliphatic heterocycles. The van der Waals surface area contributed by atoms with E-state index in [9.17, 15) is 4.79 Å². The fraction of sp³-hybridized carbons (Fsp3) is 0.211. The Bertz CT molecular complexity index is 857. The number of benzene rings is 1. The van der Waals surface area contributed by atoms with Gasteiger partial charge in [0.15, 0.2) is 0 Å². The highest BCUT2D eigenvalue weighted by molar-refractivity contribution is 7.17. The Hall–Kier alpha value is -2.73. The third-order valence-corrected chi connectivity index (χ3v) is 4.97. The van der Waals surface area contributed by atoms with Gasteiger partial charge in [0.2, 0.25) is 0 Å². The second-order valence-electron chi connectivity index (χ2n) is 5.89. The van der Waals surface area contributed by atoms with E-state index in [1.807, 2.05) is 68.4 Å². The van der Waals surface area contributed by atoms with Crippen LogP contribution in [0, 0.1) is 6.92 Å². The highest BCUT2D eigenvalue weighted by Gasteiger charge is 2.16. The Labute approximate surface area is 151 Å². The Kier molecular flexibility index (Phi) is 5.09. The Morgan fingerprint density at radius 1 is 1.16 bits per heavy atom. The molecule has 0 saturated heterocycles. The summed E-state index contributed by atoms with van der Waals surface area (Å²) in [6.45, 7) is 2.34. The van der Waals surface area contributed by atoms with Gasteiger partial charge in [-0.25, -0.2) is 4.98 Å². The van der Waals surface area contributed by atoms with Gasteiger partial charge in [0.25, 0.3) is 5.91 Å². The smallest absolute Gasteiger partial charge is 0.263 e. The summed E-state index contributed by atoms with van der Waals surface area (Å²) in [6.07, 6.45) is 1.73. The number of rotatable bonds is 5. The van der Waals surface area contributed by atoms with Crippen molar-refractivity contribution in [1.82, 2.24) is 15.3 Å². The van der Waals surface area contributed by atoms with Gasteiger partial charge in [-0.2, -0.15) is 0 Å². The lowest BCUT2D eigenvalue weighted by Gasteiger charge is -2.12. The van der Waals surface area contributed by atoms with Gasteiger partial charge in [-0.05, 0) is 36.8 Å². The van der Waals surface area contributed by atoms with Crippen molar-refractivity contribution in [3.63, 3.8) is 0 Å². The maximum absolute atomic E-state index is 12.5. The lowest BCUT2D eigenvalue weighted by atomic mass is 10.2. The SMILES string of the molecule is Cc1nc(-c2ccccn2)sc1C(=O)NCc1ccc(N(C)C)cc1. The fourth-order valence-corrected chi connectivity index (χ4v) is 3.34.